The maximum absolute atomic E-state index is 5.73. The summed E-state index contributed by atoms with van der Waals surface area (Å²) >= 11 is 0. The molecule has 0 atom stereocenters. The quantitative estimate of drug-likeness (QED) is 0.722. The van der Waals surface area contributed by atoms with Gasteiger partial charge in [-0.15, -0.1) is 0 Å². The molecule has 0 aliphatic rings. The van der Waals surface area contributed by atoms with Gasteiger partial charge in [0.05, 0.1) is 13.2 Å². The lowest BCUT2D eigenvalue weighted by Crippen LogP contribution is -2.15. The molecule has 0 aliphatic carbocycles. The van der Waals surface area contributed by atoms with E-state index < -0.39 is 0 Å². The smallest absolute Gasteiger partial charge is 0.119 e. The van der Waals surface area contributed by atoms with E-state index in [9.17, 15) is 0 Å². The lowest BCUT2D eigenvalue weighted by molar-refractivity contribution is 0.281. The van der Waals surface area contributed by atoms with Crippen LogP contribution in [0.2, 0.25) is 0 Å². The molecule has 4 nitrogen and oxygen atoms in total. The van der Waals surface area contributed by atoms with Gasteiger partial charge in [-0.3, -0.25) is 0 Å². The molecule has 0 bridgehead atoms. The molecule has 1 heterocycles. The molecule has 1 aromatic heterocycles. The summed E-state index contributed by atoms with van der Waals surface area (Å²) in [7, 11) is 4.15. The monoisotopic (exact) mass is 302 g/mol. The van der Waals surface area contributed by atoms with Crippen molar-refractivity contribution in [1.82, 2.24) is 10.2 Å². The van der Waals surface area contributed by atoms with E-state index in [1.165, 1.54) is 5.56 Å². The molecule has 0 amide bonds. The highest BCUT2D eigenvalue weighted by Crippen LogP contribution is 2.13. The number of aryl methyl sites for hydroxylation is 1. The summed E-state index contributed by atoms with van der Waals surface area (Å²) in [5, 5.41) is 3.38. The predicted molar refractivity (Wildman–Crippen MR) is 89.1 cm³/mol. The summed E-state index contributed by atoms with van der Waals surface area (Å²) in [5.41, 5.74) is 1.24. The minimum absolute atomic E-state index is 0.747. The number of hydrogen-bond donors (Lipinski definition) is 1. The van der Waals surface area contributed by atoms with Crippen LogP contribution in [0.15, 0.2) is 40.8 Å². The van der Waals surface area contributed by atoms with Crippen molar-refractivity contribution in [3.8, 4) is 5.75 Å². The van der Waals surface area contributed by atoms with Crippen LogP contribution in [0.25, 0.3) is 0 Å². The molecule has 0 saturated heterocycles. The molecule has 2 rings (SSSR count). The number of rotatable bonds is 9. The Kier molecular flexibility index (Phi) is 6.49. The van der Waals surface area contributed by atoms with Gasteiger partial charge >= 0.3 is 0 Å². The Morgan fingerprint density at radius 3 is 2.45 bits per heavy atom. The van der Waals surface area contributed by atoms with Gasteiger partial charge in [0.2, 0.25) is 0 Å². The zero-order valence-electron chi connectivity index (χ0n) is 13.8. The Bertz CT molecular complexity index is 546. The molecule has 2 aromatic rings. The van der Waals surface area contributed by atoms with Crippen LogP contribution in [0.1, 0.15) is 23.5 Å². The summed E-state index contributed by atoms with van der Waals surface area (Å²) in [6, 6.07) is 12.3. The van der Waals surface area contributed by atoms with Crippen LogP contribution in [-0.2, 0) is 13.1 Å². The van der Waals surface area contributed by atoms with Gasteiger partial charge in [-0.2, -0.15) is 0 Å². The topological polar surface area (TPSA) is 37.6 Å². The largest absolute Gasteiger partial charge is 0.494 e. The molecular weight excluding hydrogens is 276 g/mol. The van der Waals surface area contributed by atoms with E-state index in [2.05, 4.69) is 36.4 Å². The molecule has 0 spiro atoms. The summed E-state index contributed by atoms with van der Waals surface area (Å²) in [6.07, 6.45) is 1.04. The fourth-order valence-corrected chi connectivity index (χ4v) is 2.18. The van der Waals surface area contributed by atoms with Gasteiger partial charge in [0, 0.05) is 13.1 Å². The van der Waals surface area contributed by atoms with Gasteiger partial charge in [-0.05, 0) is 57.3 Å². The molecule has 0 radical (unpaired) electrons. The molecule has 120 valence electrons. The van der Waals surface area contributed by atoms with Crippen LogP contribution in [0.4, 0.5) is 0 Å². The summed E-state index contributed by atoms with van der Waals surface area (Å²) < 4.78 is 11.3. The van der Waals surface area contributed by atoms with Crippen molar-refractivity contribution in [3.63, 3.8) is 0 Å². The second-order valence-corrected chi connectivity index (χ2v) is 5.77. The number of furan rings is 1. The molecule has 0 aliphatic heterocycles. The maximum Gasteiger partial charge on any atom is 0.119 e. The van der Waals surface area contributed by atoms with Gasteiger partial charge in [-0.1, -0.05) is 12.1 Å². The first-order chi connectivity index (χ1) is 10.6. The van der Waals surface area contributed by atoms with Crippen molar-refractivity contribution in [3.05, 3.63) is 53.5 Å². The number of nitrogens with one attached hydrogen (secondary N) is 1. The number of benzene rings is 1. The maximum atomic E-state index is 5.73. The predicted octanol–water partition coefficient (Wildman–Crippen LogP) is 3.21. The van der Waals surface area contributed by atoms with Crippen LogP contribution in [0.3, 0.4) is 0 Å². The van der Waals surface area contributed by atoms with Gasteiger partial charge < -0.3 is 19.4 Å². The van der Waals surface area contributed by atoms with Crippen LogP contribution in [0.5, 0.6) is 5.75 Å². The minimum atomic E-state index is 0.747. The third-order valence-corrected chi connectivity index (χ3v) is 3.37. The number of ether oxygens (including phenoxy) is 1. The third kappa shape index (κ3) is 5.92. The van der Waals surface area contributed by atoms with Crippen LogP contribution in [-0.4, -0.2) is 32.1 Å². The molecule has 4 heteroatoms. The van der Waals surface area contributed by atoms with E-state index in [1.54, 1.807) is 0 Å². The first-order valence-corrected chi connectivity index (χ1v) is 7.76. The highest BCUT2D eigenvalue weighted by atomic mass is 16.5. The first kappa shape index (κ1) is 16.6. The van der Waals surface area contributed by atoms with E-state index in [0.717, 1.165) is 49.9 Å². The highest BCUT2D eigenvalue weighted by Gasteiger charge is 1.99. The van der Waals surface area contributed by atoms with Crippen LogP contribution >= 0.6 is 0 Å². The van der Waals surface area contributed by atoms with Gasteiger partial charge in [0.1, 0.15) is 17.3 Å². The van der Waals surface area contributed by atoms with E-state index in [4.69, 9.17) is 9.15 Å². The first-order valence-electron chi connectivity index (χ1n) is 7.76. The fourth-order valence-electron chi connectivity index (χ4n) is 2.18. The Morgan fingerprint density at radius 1 is 1.05 bits per heavy atom. The van der Waals surface area contributed by atoms with Crippen LogP contribution < -0.4 is 10.1 Å². The summed E-state index contributed by atoms with van der Waals surface area (Å²) in [5.74, 6) is 2.86. The van der Waals surface area contributed by atoms with E-state index in [0.29, 0.717) is 0 Å². The second kappa shape index (κ2) is 8.61. The average molecular weight is 302 g/mol. The standard InChI is InChI=1S/C18H26N2O2/c1-15-5-8-18(22-15)14-19-13-16-6-9-17(10-7-16)21-12-4-11-20(2)3/h5-10,19H,4,11-14H2,1-3H3. The molecule has 1 N–H and O–H groups in total. The molecule has 0 unspecified atom stereocenters. The molecule has 0 saturated carbocycles. The fraction of sp³-hybridized carbons (Fsp3) is 0.444. The Hall–Kier alpha value is -1.78. The van der Waals surface area contributed by atoms with Crippen molar-refractivity contribution in [2.24, 2.45) is 0 Å². The van der Waals surface area contributed by atoms with Crippen molar-refractivity contribution in [2.75, 3.05) is 27.2 Å². The lowest BCUT2D eigenvalue weighted by Gasteiger charge is -2.10. The van der Waals surface area contributed by atoms with Gasteiger partial charge in [0.15, 0.2) is 0 Å². The minimum Gasteiger partial charge on any atom is -0.494 e. The summed E-state index contributed by atoms with van der Waals surface area (Å²) in [4.78, 5) is 2.17. The average Bonchev–Trinajstić information content (AvgIpc) is 2.90. The highest BCUT2D eigenvalue weighted by molar-refractivity contribution is 5.27. The van der Waals surface area contributed by atoms with E-state index >= 15 is 0 Å². The summed E-state index contributed by atoms with van der Waals surface area (Å²) in [6.45, 7) is 5.33. The molecule has 0 fully saturated rings. The second-order valence-electron chi connectivity index (χ2n) is 5.77. The lowest BCUT2D eigenvalue weighted by atomic mass is 10.2. The van der Waals surface area contributed by atoms with Gasteiger partial charge in [-0.25, -0.2) is 0 Å². The van der Waals surface area contributed by atoms with Crippen molar-refractivity contribution < 1.29 is 9.15 Å². The van der Waals surface area contributed by atoms with Crippen LogP contribution in [0, 0.1) is 6.92 Å². The Balaban J connectivity index is 1.67. The Labute approximate surface area is 133 Å². The molecular formula is C18H26N2O2. The Morgan fingerprint density at radius 2 is 1.82 bits per heavy atom. The van der Waals surface area contributed by atoms with Crippen molar-refractivity contribution >= 4 is 0 Å². The molecule has 22 heavy (non-hydrogen) atoms. The normalized spacial score (nSPS) is 11.1. The van der Waals surface area contributed by atoms with E-state index in [1.807, 2.05) is 31.2 Å². The number of nitrogens with zero attached hydrogens (tertiary/aromatic N) is 1. The van der Waals surface area contributed by atoms with E-state index in [-0.39, 0.29) is 0 Å². The van der Waals surface area contributed by atoms with Crippen molar-refractivity contribution in [1.29, 1.82) is 0 Å². The third-order valence-electron chi connectivity index (χ3n) is 3.37. The molecule has 1 aromatic carbocycles. The zero-order chi connectivity index (χ0) is 15.8. The van der Waals surface area contributed by atoms with Crippen molar-refractivity contribution in [2.45, 2.75) is 26.4 Å². The van der Waals surface area contributed by atoms with Gasteiger partial charge in [0.25, 0.3) is 0 Å². The number of hydrogen-bond acceptors (Lipinski definition) is 4. The zero-order valence-corrected chi connectivity index (χ0v) is 13.8. The SMILES string of the molecule is Cc1ccc(CNCc2ccc(OCCCN(C)C)cc2)o1.